The summed E-state index contributed by atoms with van der Waals surface area (Å²) in [5.74, 6) is -1.41. The molecule has 0 bridgehead atoms. The van der Waals surface area contributed by atoms with E-state index in [4.69, 9.17) is 0 Å². The fourth-order valence-corrected chi connectivity index (χ4v) is 2.39. The van der Waals surface area contributed by atoms with Crippen LogP contribution in [0.4, 0.5) is 24.5 Å². The lowest BCUT2D eigenvalue weighted by molar-refractivity contribution is -0.388. The molecule has 0 aliphatic heterocycles. The molecular formula is C14H16F3N7O4. The highest BCUT2D eigenvalue weighted by atomic mass is 19.4. The van der Waals surface area contributed by atoms with E-state index in [9.17, 15) is 32.9 Å². The van der Waals surface area contributed by atoms with Crippen LogP contribution in [-0.4, -0.2) is 43.3 Å². The highest BCUT2D eigenvalue weighted by molar-refractivity contribution is 6.02. The summed E-state index contributed by atoms with van der Waals surface area (Å²) in [4.78, 5) is 33.8. The molecule has 11 nitrogen and oxygen atoms in total. The number of alkyl halides is 3. The largest absolute Gasteiger partial charge is 0.442 e. The van der Waals surface area contributed by atoms with Gasteiger partial charge in [-0.15, -0.1) is 0 Å². The maximum atomic E-state index is 13.0. The molecule has 0 aromatic carbocycles. The monoisotopic (exact) mass is 403 g/mol. The zero-order valence-electron chi connectivity index (χ0n) is 15.0. The summed E-state index contributed by atoms with van der Waals surface area (Å²) >= 11 is 0. The number of anilines is 1. The van der Waals surface area contributed by atoms with Crippen molar-refractivity contribution in [3.05, 3.63) is 33.4 Å². The van der Waals surface area contributed by atoms with E-state index >= 15 is 0 Å². The van der Waals surface area contributed by atoms with Crippen LogP contribution in [0.15, 0.2) is 6.20 Å². The summed E-state index contributed by atoms with van der Waals surface area (Å²) in [7, 11) is 1.36. The van der Waals surface area contributed by atoms with Gasteiger partial charge in [0.15, 0.2) is 5.69 Å². The average Bonchev–Trinajstić information content (AvgIpc) is 3.15. The number of halogens is 3. The van der Waals surface area contributed by atoms with E-state index in [0.29, 0.717) is 11.2 Å². The minimum atomic E-state index is -5.05. The van der Waals surface area contributed by atoms with Crippen molar-refractivity contribution in [3.8, 4) is 0 Å². The van der Waals surface area contributed by atoms with Crippen LogP contribution in [0.1, 0.15) is 28.8 Å². The molecule has 2 rings (SSSR count). The first-order chi connectivity index (χ1) is 13.0. The Kier molecular flexibility index (Phi) is 5.70. The molecule has 2 aromatic heterocycles. The third-order valence-electron chi connectivity index (χ3n) is 3.72. The highest BCUT2D eigenvalue weighted by Gasteiger charge is 2.44. The third kappa shape index (κ3) is 4.10. The Balaban J connectivity index is 2.31. The minimum absolute atomic E-state index is 0.0431. The van der Waals surface area contributed by atoms with Crippen LogP contribution in [-0.2, 0) is 24.1 Å². The van der Waals surface area contributed by atoms with Gasteiger partial charge in [-0.25, -0.2) is 0 Å². The second-order valence-electron chi connectivity index (χ2n) is 5.57. The molecule has 0 unspecified atom stereocenters. The molecule has 152 valence electrons. The maximum Gasteiger partial charge on any atom is 0.442 e. The lowest BCUT2D eigenvalue weighted by Gasteiger charge is -2.06. The van der Waals surface area contributed by atoms with Crippen molar-refractivity contribution in [2.75, 3.05) is 12.4 Å². The molecule has 2 N–H and O–H groups in total. The van der Waals surface area contributed by atoms with Gasteiger partial charge in [0.2, 0.25) is 11.6 Å². The van der Waals surface area contributed by atoms with Gasteiger partial charge in [0.25, 0.3) is 5.91 Å². The van der Waals surface area contributed by atoms with Gasteiger partial charge in [-0.1, -0.05) is 0 Å². The quantitative estimate of drug-likeness (QED) is 0.552. The third-order valence-corrected chi connectivity index (χ3v) is 3.72. The predicted octanol–water partition coefficient (Wildman–Crippen LogP) is 1.33. The molecule has 14 heteroatoms. The number of hydrogen-bond donors (Lipinski definition) is 2. The maximum absolute atomic E-state index is 13.0. The van der Waals surface area contributed by atoms with Crippen molar-refractivity contribution in [1.29, 1.82) is 0 Å². The van der Waals surface area contributed by atoms with Crippen molar-refractivity contribution in [3.63, 3.8) is 0 Å². The standard InChI is InChI=1S/C14H16F3N7O4/c1-4-22-5-8(10(20-22)13(26)18-3)19-9(25)6-23-7(2)11(24(27)28)12(21-23)14(15,16)17/h5H,4,6H2,1-3H3,(H,18,26)(H,19,25). The van der Waals surface area contributed by atoms with Crippen molar-refractivity contribution in [2.24, 2.45) is 0 Å². The van der Waals surface area contributed by atoms with E-state index in [0.717, 1.165) is 6.92 Å². The van der Waals surface area contributed by atoms with Crippen LogP contribution in [0.25, 0.3) is 0 Å². The number of hydrogen-bond acceptors (Lipinski definition) is 6. The van der Waals surface area contributed by atoms with Crippen molar-refractivity contribution in [1.82, 2.24) is 24.9 Å². The smallest absolute Gasteiger partial charge is 0.354 e. The summed E-state index contributed by atoms with van der Waals surface area (Å²) < 4.78 is 40.9. The van der Waals surface area contributed by atoms with E-state index in [1.807, 2.05) is 0 Å². The minimum Gasteiger partial charge on any atom is -0.354 e. The van der Waals surface area contributed by atoms with Crippen molar-refractivity contribution in [2.45, 2.75) is 33.1 Å². The Labute approximate surface area is 155 Å². The normalized spacial score (nSPS) is 11.4. The Morgan fingerprint density at radius 2 is 1.96 bits per heavy atom. The Hall–Kier alpha value is -3.45. The van der Waals surface area contributed by atoms with Gasteiger partial charge in [-0.2, -0.15) is 23.4 Å². The molecule has 0 saturated heterocycles. The first-order valence-corrected chi connectivity index (χ1v) is 7.87. The van der Waals surface area contributed by atoms with E-state index < -0.39 is 46.5 Å². The van der Waals surface area contributed by atoms with Crippen LogP contribution in [0.5, 0.6) is 0 Å². The van der Waals surface area contributed by atoms with Crippen LogP contribution < -0.4 is 10.6 Å². The van der Waals surface area contributed by atoms with Gasteiger partial charge < -0.3 is 10.6 Å². The van der Waals surface area contributed by atoms with Gasteiger partial charge in [-0.05, 0) is 13.8 Å². The fraction of sp³-hybridized carbons (Fsp3) is 0.429. The molecule has 0 fully saturated rings. The topological polar surface area (TPSA) is 137 Å². The lowest BCUT2D eigenvalue weighted by atomic mass is 10.3. The summed E-state index contributed by atoms with van der Waals surface area (Å²) in [6, 6.07) is 0. The number of aryl methyl sites for hydroxylation is 1. The summed E-state index contributed by atoms with van der Waals surface area (Å²) in [6.07, 6.45) is -3.68. The Morgan fingerprint density at radius 1 is 1.32 bits per heavy atom. The number of nitrogens with zero attached hydrogens (tertiary/aromatic N) is 5. The van der Waals surface area contributed by atoms with E-state index in [-0.39, 0.29) is 11.4 Å². The van der Waals surface area contributed by atoms with E-state index in [1.54, 1.807) is 6.92 Å². The fourth-order valence-electron chi connectivity index (χ4n) is 2.39. The second kappa shape index (κ2) is 7.66. The molecule has 2 amide bonds. The van der Waals surface area contributed by atoms with Gasteiger partial charge >= 0.3 is 11.9 Å². The number of aromatic nitrogens is 4. The molecule has 0 saturated carbocycles. The van der Waals surface area contributed by atoms with Crippen LogP contribution in [0, 0.1) is 17.0 Å². The first-order valence-electron chi connectivity index (χ1n) is 7.87. The van der Waals surface area contributed by atoms with Gasteiger partial charge in [0, 0.05) is 19.8 Å². The van der Waals surface area contributed by atoms with Gasteiger partial charge in [0.05, 0.1) is 10.6 Å². The summed E-state index contributed by atoms with van der Waals surface area (Å²) in [6.45, 7) is 2.47. The van der Waals surface area contributed by atoms with Gasteiger partial charge in [0.1, 0.15) is 12.2 Å². The summed E-state index contributed by atoms with van der Waals surface area (Å²) in [5.41, 5.74) is -3.38. The lowest BCUT2D eigenvalue weighted by Crippen LogP contribution is -2.24. The van der Waals surface area contributed by atoms with Crippen LogP contribution >= 0.6 is 0 Å². The number of carbonyl (C=O) groups is 2. The zero-order chi connectivity index (χ0) is 21.2. The van der Waals surface area contributed by atoms with E-state index in [2.05, 4.69) is 20.8 Å². The molecule has 0 radical (unpaired) electrons. The number of rotatable bonds is 6. The zero-order valence-corrected chi connectivity index (χ0v) is 15.0. The first kappa shape index (κ1) is 20.9. The number of nitro groups is 1. The Morgan fingerprint density at radius 3 is 2.43 bits per heavy atom. The van der Waals surface area contributed by atoms with E-state index in [1.165, 1.54) is 17.9 Å². The average molecular weight is 403 g/mol. The number of carbonyl (C=O) groups excluding carboxylic acids is 2. The van der Waals surface area contributed by atoms with Crippen molar-refractivity contribution >= 4 is 23.2 Å². The molecule has 0 atom stereocenters. The second-order valence-corrected chi connectivity index (χ2v) is 5.57. The van der Waals surface area contributed by atoms with Crippen LogP contribution in [0.2, 0.25) is 0 Å². The van der Waals surface area contributed by atoms with Crippen molar-refractivity contribution < 1.29 is 27.7 Å². The van der Waals surface area contributed by atoms with Gasteiger partial charge in [-0.3, -0.25) is 29.1 Å². The molecule has 2 aromatic rings. The molecular weight excluding hydrogens is 387 g/mol. The molecule has 28 heavy (non-hydrogen) atoms. The predicted molar refractivity (Wildman–Crippen MR) is 88.5 cm³/mol. The molecule has 0 aliphatic carbocycles. The Bertz CT molecular complexity index is 932. The molecule has 0 spiro atoms. The number of amides is 2. The number of nitrogens with one attached hydrogen (secondary N) is 2. The summed E-state index contributed by atoms with van der Waals surface area (Å²) in [5, 5.41) is 22.8. The highest BCUT2D eigenvalue weighted by Crippen LogP contribution is 2.36. The SMILES string of the molecule is CCn1cc(NC(=O)Cn2nc(C(F)(F)F)c([N+](=O)[O-])c2C)c(C(=O)NC)n1. The van der Waals surface area contributed by atoms with Crippen LogP contribution in [0.3, 0.4) is 0 Å². The molecule has 0 aliphatic rings. The molecule has 2 heterocycles.